The van der Waals surface area contributed by atoms with Crippen molar-refractivity contribution in [2.24, 2.45) is 5.73 Å². The number of rotatable bonds is 6. The Kier molecular flexibility index (Phi) is 5.45. The van der Waals surface area contributed by atoms with Crippen LogP contribution in [0, 0.1) is 0 Å². The number of aryl methyl sites for hydroxylation is 1. The Morgan fingerprint density at radius 2 is 2.16 bits per heavy atom. The van der Waals surface area contributed by atoms with E-state index in [1.165, 1.54) is 5.56 Å². The molecule has 0 spiro atoms. The molecule has 1 amide bonds. The minimum absolute atomic E-state index is 0.0380. The van der Waals surface area contributed by atoms with Gasteiger partial charge in [-0.25, -0.2) is 0 Å². The summed E-state index contributed by atoms with van der Waals surface area (Å²) in [6.07, 6.45) is 0.526. The number of hydrogen-bond donors (Lipinski definition) is 1. The Morgan fingerprint density at radius 3 is 2.88 bits per heavy atom. The van der Waals surface area contributed by atoms with Gasteiger partial charge >= 0.3 is 0 Å². The number of ether oxygens (including phenoxy) is 1. The summed E-state index contributed by atoms with van der Waals surface area (Å²) >= 11 is 0. The molecule has 1 aromatic carbocycles. The van der Waals surface area contributed by atoms with Gasteiger partial charge in [0.2, 0.25) is 11.8 Å². The van der Waals surface area contributed by atoms with Crippen molar-refractivity contribution in [1.29, 1.82) is 0 Å². The molecule has 1 aliphatic heterocycles. The fourth-order valence-electron chi connectivity index (χ4n) is 3.10. The third-order valence-corrected chi connectivity index (χ3v) is 4.70. The van der Waals surface area contributed by atoms with Crippen molar-refractivity contribution in [1.82, 2.24) is 15.0 Å². The number of methoxy groups -OCH3 is 1. The van der Waals surface area contributed by atoms with Gasteiger partial charge in [0.25, 0.3) is 0 Å². The lowest BCUT2D eigenvalue weighted by Gasteiger charge is -2.16. The van der Waals surface area contributed by atoms with Crippen LogP contribution in [0.1, 0.15) is 42.6 Å². The third kappa shape index (κ3) is 4.05. The number of carbonyl (C=O) groups excluding carboxylic acids is 1. The predicted molar refractivity (Wildman–Crippen MR) is 91.8 cm³/mol. The molecule has 7 nitrogen and oxygen atoms in total. The summed E-state index contributed by atoms with van der Waals surface area (Å²) in [5.74, 6) is 1.20. The van der Waals surface area contributed by atoms with E-state index in [1.807, 2.05) is 30.0 Å². The second kappa shape index (κ2) is 7.76. The fourth-order valence-corrected chi connectivity index (χ4v) is 3.10. The average Bonchev–Trinajstić information content (AvgIpc) is 3.26. The Labute approximate surface area is 147 Å². The molecule has 3 rings (SSSR count). The predicted octanol–water partition coefficient (Wildman–Crippen LogP) is 1.66. The molecular weight excluding hydrogens is 320 g/mol. The van der Waals surface area contributed by atoms with Crippen molar-refractivity contribution in [3.63, 3.8) is 0 Å². The van der Waals surface area contributed by atoms with Crippen LogP contribution in [0.25, 0.3) is 0 Å². The van der Waals surface area contributed by atoms with Gasteiger partial charge in [-0.05, 0) is 12.5 Å². The van der Waals surface area contributed by atoms with Gasteiger partial charge in [0.1, 0.15) is 6.10 Å². The molecule has 2 aromatic rings. The molecule has 134 valence electrons. The van der Waals surface area contributed by atoms with Crippen LogP contribution in [0.4, 0.5) is 0 Å². The van der Waals surface area contributed by atoms with Crippen molar-refractivity contribution >= 4 is 5.91 Å². The molecule has 2 N–H and O–H groups in total. The maximum atomic E-state index is 12.5. The lowest BCUT2D eigenvalue weighted by atomic mass is 9.95. The van der Waals surface area contributed by atoms with Crippen LogP contribution in [0.2, 0.25) is 0 Å². The van der Waals surface area contributed by atoms with Crippen molar-refractivity contribution in [3.8, 4) is 0 Å². The second-order valence-electron chi connectivity index (χ2n) is 6.40. The standard InChI is InChI=1S/C18H24N4O3/c1-12(24-2)18-20-16(25-21-18)8-9-17(23)22-10-14(15(19)11-22)13-6-4-3-5-7-13/h3-7,12,14-15H,8-11,19H2,1-2H3/t12?,14-,15+/m0/s1. The zero-order valence-corrected chi connectivity index (χ0v) is 14.6. The monoisotopic (exact) mass is 344 g/mol. The number of hydrogen-bond acceptors (Lipinski definition) is 6. The van der Waals surface area contributed by atoms with Crippen molar-refractivity contribution < 1.29 is 14.1 Å². The smallest absolute Gasteiger partial charge is 0.227 e. The first-order valence-corrected chi connectivity index (χ1v) is 8.52. The summed E-state index contributed by atoms with van der Waals surface area (Å²) in [6, 6.07) is 10.1. The molecule has 25 heavy (non-hydrogen) atoms. The SMILES string of the molecule is COC(C)c1noc(CCC(=O)N2C[C@@H](N)[C@H](c3ccccc3)C2)n1. The molecule has 1 aromatic heterocycles. The van der Waals surface area contributed by atoms with Crippen LogP contribution >= 0.6 is 0 Å². The zero-order chi connectivity index (χ0) is 17.8. The molecule has 3 atom stereocenters. The van der Waals surface area contributed by atoms with E-state index < -0.39 is 0 Å². The van der Waals surface area contributed by atoms with Gasteiger partial charge < -0.3 is 19.9 Å². The Balaban J connectivity index is 1.54. The minimum atomic E-state index is -0.226. The number of carbonyl (C=O) groups is 1. The van der Waals surface area contributed by atoms with Crippen LogP contribution in [0.15, 0.2) is 34.9 Å². The lowest BCUT2D eigenvalue weighted by molar-refractivity contribution is -0.130. The van der Waals surface area contributed by atoms with E-state index in [0.717, 1.165) is 0 Å². The summed E-state index contributed by atoms with van der Waals surface area (Å²) in [7, 11) is 1.59. The van der Waals surface area contributed by atoms with Crippen LogP contribution < -0.4 is 5.73 Å². The quantitative estimate of drug-likeness (QED) is 0.856. The van der Waals surface area contributed by atoms with Gasteiger partial charge in [-0.2, -0.15) is 4.98 Å². The van der Waals surface area contributed by atoms with E-state index in [1.54, 1.807) is 7.11 Å². The van der Waals surface area contributed by atoms with E-state index >= 15 is 0 Å². The molecule has 1 unspecified atom stereocenters. The Bertz CT molecular complexity index is 703. The first-order valence-electron chi connectivity index (χ1n) is 8.52. The number of nitrogens with two attached hydrogens (primary N) is 1. The molecule has 0 bridgehead atoms. The number of benzene rings is 1. The minimum Gasteiger partial charge on any atom is -0.374 e. The van der Waals surface area contributed by atoms with E-state index in [-0.39, 0.29) is 24.0 Å². The third-order valence-electron chi connectivity index (χ3n) is 4.70. The van der Waals surface area contributed by atoms with E-state index in [9.17, 15) is 4.79 Å². The normalized spacial score (nSPS) is 21.5. The maximum absolute atomic E-state index is 12.5. The van der Waals surface area contributed by atoms with Gasteiger partial charge in [-0.3, -0.25) is 4.79 Å². The van der Waals surface area contributed by atoms with E-state index in [4.69, 9.17) is 15.0 Å². The molecule has 1 fully saturated rings. The van der Waals surface area contributed by atoms with Gasteiger partial charge in [0, 0.05) is 45.0 Å². The highest BCUT2D eigenvalue weighted by atomic mass is 16.5. The van der Waals surface area contributed by atoms with Gasteiger partial charge in [0.15, 0.2) is 5.82 Å². The highest BCUT2D eigenvalue weighted by Gasteiger charge is 2.33. The summed E-state index contributed by atoms with van der Waals surface area (Å²) in [4.78, 5) is 18.6. The molecule has 1 saturated heterocycles. The molecule has 0 radical (unpaired) electrons. The molecule has 7 heteroatoms. The Morgan fingerprint density at radius 1 is 1.40 bits per heavy atom. The van der Waals surface area contributed by atoms with Crippen molar-refractivity contribution in [2.45, 2.75) is 37.8 Å². The summed E-state index contributed by atoms with van der Waals surface area (Å²) in [6.45, 7) is 3.07. The topological polar surface area (TPSA) is 94.5 Å². The van der Waals surface area contributed by atoms with Crippen LogP contribution in [-0.4, -0.2) is 47.2 Å². The molecule has 0 saturated carbocycles. The zero-order valence-electron chi connectivity index (χ0n) is 14.6. The lowest BCUT2D eigenvalue weighted by Crippen LogP contribution is -2.32. The van der Waals surface area contributed by atoms with Gasteiger partial charge in [-0.1, -0.05) is 35.5 Å². The van der Waals surface area contributed by atoms with E-state index in [0.29, 0.717) is 37.6 Å². The molecule has 0 aliphatic carbocycles. The van der Waals surface area contributed by atoms with Crippen LogP contribution in [0.5, 0.6) is 0 Å². The first kappa shape index (κ1) is 17.6. The summed E-state index contributed by atoms with van der Waals surface area (Å²) in [5.41, 5.74) is 7.43. The highest BCUT2D eigenvalue weighted by molar-refractivity contribution is 5.77. The second-order valence-corrected chi connectivity index (χ2v) is 6.40. The molecule has 2 heterocycles. The van der Waals surface area contributed by atoms with Crippen LogP contribution in [-0.2, 0) is 16.0 Å². The van der Waals surface area contributed by atoms with Crippen molar-refractivity contribution in [2.75, 3.05) is 20.2 Å². The Hall–Kier alpha value is -2.25. The van der Waals surface area contributed by atoms with E-state index in [2.05, 4.69) is 22.3 Å². The number of likely N-dealkylation sites (tertiary alicyclic amines) is 1. The largest absolute Gasteiger partial charge is 0.374 e. The van der Waals surface area contributed by atoms with Crippen molar-refractivity contribution in [3.05, 3.63) is 47.6 Å². The average molecular weight is 344 g/mol. The fraction of sp³-hybridized carbons (Fsp3) is 0.500. The molecular formula is C18H24N4O3. The maximum Gasteiger partial charge on any atom is 0.227 e. The summed E-state index contributed by atoms with van der Waals surface area (Å²) in [5, 5.41) is 3.87. The van der Waals surface area contributed by atoms with Gasteiger partial charge in [0.05, 0.1) is 0 Å². The van der Waals surface area contributed by atoms with Crippen LogP contribution in [0.3, 0.4) is 0 Å². The molecule has 1 aliphatic rings. The first-order chi connectivity index (χ1) is 12.1. The number of amides is 1. The van der Waals surface area contributed by atoms with Gasteiger partial charge in [-0.15, -0.1) is 0 Å². The highest BCUT2D eigenvalue weighted by Crippen LogP contribution is 2.26. The number of nitrogens with zero attached hydrogens (tertiary/aromatic N) is 3. The number of aromatic nitrogens is 2. The summed E-state index contributed by atoms with van der Waals surface area (Å²) < 4.78 is 10.3.